The molecule has 0 radical (unpaired) electrons. The Balaban J connectivity index is 3.82. The molecule has 0 aliphatic carbocycles. The Hall–Kier alpha value is 1.28. The van der Waals surface area contributed by atoms with Gasteiger partial charge in [0.25, 0.3) is 0 Å². The van der Waals surface area contributed by atoms with E-state index in [2.05, 4.69) is 19.9 Å². The Bertz CT molecular complexity index is 350. The molecular weight excluding hydrogens is 292 g/mol. The van der Waals surface area contributed by atoms with E-state index in [1.165, 1.54) is 5.57 Å². The molecule has 0 rings (SSSR count). The number of allylic oxidation sites excluding steroid dienone is 2. The monoisotopic (exact) mass is 306 g/mol. The summed E-state index contributed by atoms with van der Waals surface area (Å²) in [6, 6.07) is 0. The summed E-state index contributed by atoms with van der Waals surface area (Å²) in [6.07, 6.45) is 4.09. The lowest BCUT2D eigenvalue weighted by atomic mass is 10.2. The second kappa shape index (κ2) is 7.54. The maximum atomic E-state index is 5.38. The van der Waals surface area contributed by atoms with Crippen LogP contribution in [0, 0.1) is 0 Å². The van der Waals surface area contributed by atoms with E-state index in [0.29, 0.717) is 6.61 Å². The van der Waals surface area contributed by atoms with Gasteiger partial charge in [-0.1, -0.05) is 11.6 Å². The number of hydrogen-bond donors (Lipinski definition) is 1. The summed E-state index contributed by atoms with van der Waals surface area (Å²) in [4.78, 5) is 0. The first-order valence-electron chi connectivity index (χ1n) is 4.03. The zero-order chi connectivity index (χ0) is 11.2. The van der Waals surface area contributed by atoms with Crippen molar-refractivity contribution in [3.63, 3.8) is 0 Å². The number of rotatable bonds is 6. The highest BCUT2D eigenvalue weighted by Gasteiger charge is 1.98. The van der Waals surface area contributed by atoms with Crippen molar-refractivity contribution in [2.75, 3.05) is 6.61 Å². The molecule has 0 fully saturated rings. The van der Waals surface area contributed by atoms with Crippen molar-refractivity contribution in [3.8, 4) is 0 Å². The normalized spacial score (nSPS) is 11.6. The Labute approximate surface area is 107 Å². The topological polar surface area (TPSA) is 9.23 Å². The Kier molecular flexibility index (Phi) is 8.23. The van der Waals surface area contributed by atoms with Crippen LogP contribution in [0.15, 0.2) is 11.6 Å². The van der Waals surface area contributed by atoms with Crippen LogP contribution in [-0.4, -0.2) is 6.61 Å². The van der Waals surface area contributed by atoms with Gasteiger partial charge in [-0.15, -0.1) is 0 Å². The fourth-order valence-corrected chi connectivity index (χ4v) is 2.76. The molecule has 0 heterocycles. The molecule has 0 aromatic heterocycles. The fourth-order valence-electron chi connectivity index (χ4n) is 0.681. The van der Waals surface area contributed by atoms with Crippen molar-refractivity contribution >= 4 is 58.3 Å². The molecule has 7 heteroatoms. The Morgan fingerprint density at radius 2 is 1.93 bits per heavy atom. The summed E-state index contributed by atoms with van der Waals surface area (Å²) >= 11 is 19.9. The minimum absolute atomic E-state index is 0.582. The third kappa shape index (κ3) is 7.56. The molecule has 0 spiro atoms. The zero-order valence-corrected chi connectivity index (χ0v) is 13.1. The molecule has 0 aliphatic heterocycles. The van der Waals surface area contributed by atoms with Crippen LogP contribution in [0.4, 0.5) is 0 Å². The molecule has 0 saturated carbocycles. The van der Waals surface area contributed by atoms with Gasteiger partial charge in [0.05, 0.1) is 13.1 Å². The van der Waals surface area contributed by atoms with Crippen LogP contribution in [0.2, 0.25) is 0 Å². The predicted molar refractivity (Wildman–Crippen MR) is 80.2 cm³/mol. The van der Waals surface area contributed by atoms with E-state index in [0.717, 1.165) is 12.8 Å². The van der Waals surface area contributed by atoms with Gasteiger partial charge < -0.3 is 4.18 Å². The minimum atomic E-state index is -1.96. The third-order valence-corrected chi connectivity index (χ3v) is 14.0. The first-order chi connectivity index (χ1) is 6.36. The lowest BCUT2D eigenvalue weighted by Crippen LogP contribution is -2.03. The van der Waals surface area contributed by atoms with Crippen LogP contribution < -0.4 is 0 Å². The largest absolute Gasteiger partial charge is 0.302 e. The van der Waals surface area contributed by atoms with Crippen molar-refractivity contribution in [2.24, 2.45) is 0 Å². The van der Waals surface area contributed by atoms with Gasteiger partial charge in [0.1, 0.15) is 0 Å². The first kappa shape index (κ1) is 15.3. The van der Waals surface area contributed by atoms with Crippen molar-refractivity contribution < 1.29 is 4.18 Å². The van der Waals surface area contributed by atoms with Gasteiger partial charge >= 0.3 is 0 Å². The van der Waals surface area contributed by atoms with Crippen LogP contribution >= 0.6 is 0 Å². The van der Waals surface area contributed by atoms with Gasteiger partial charge in [0.15, 0.2) is 0 Å². The summed E-state index contributed by atoms with van der Waals surface area (Å²) in [6.45, 7) is 2.77. The van der Waals surface area contributed by atoms with Crippen LogP contribution in [-0.2, 0) is 62.4 Å². The molecule has 14 heavy (non-hydrogen) atoms. The maximum absolute atomic E-state index is 5.38. The van der Waals surface area contributed by atoms with Crippen LogP contribution in [0.3, 0.4) is 0 Å². The maximum Gasteiger partial charge on any atom is 0.0754 e. The van der Waals surface area contributed by atoms with Crippen molar-refractivity contribution in [2.45, 2.75) is 26.7 Å². The highest BCUT2D eigenvalue weighted by atomic mass is 33.7. The summed E-state index contributed by atoms with van der Waals surface area (Å²) in [7, 11) is -1.14. The zero-order valence-electron chi connectivity index (χ0n) is 8.10. The van der Waals surface area contributed by atoms with Gasteiger partial charge in [-0.3, -0.25) is 0 Å². The summed E-state index contributed by atoms with van der Waals surface area (Å²) in [5, 5.41) is 0. The Morgan fingerprint density at radius 3 is 2.36 bits per heavy atom. The lowest BCUT2D eigenvalue weighted by molar-refractivity contribution is 0.366. The number of hydrogen-bond acceptors (Lipinski definition) is 5. The number of unbranched alkanes of at least 4 members (excludes halogenated alkanes) is 1. The minimum Gasteiger partial charge on any atom is -0.302 e. The van der Waals surface area contributed by atoms with E-state index < -0.39 is 13.5 Å². The molecule has 0 aliphatic rings. The van der Waals surface area contributed by atoms with Gasteiger partial charge in [0.2, 0.25) is 0 Å². The molecule has 0 saturated heterocycles. The summed E-state index contributed by atoms with van der Waals surface area (Å²) in [5.74, 6) is 0. The van der Waals surface area contributed by atoms with Gasteiger partial charge in [-0.05, 0) is 78.5 Å². The first-order valence-corrected chi connectivity index (χ1v) is 11.4. The average molecular weight is 307 g/mol. The molecule has 0 unspecified atom stereocenters. The van der Waals surface area contributed by atoms with Crippen molar-refractivity contribution in [3.05, 3.63) is 11.6 Å². The molecule has 0 N–H and O–H groups in total. The molecule has 0 atom stereocenters. The van der Waals surface area contributed by atoms with Gasteiger partial charge in [-0.25, -0.2) is 0 Å². The van der Waals surface area contributed by atoms with Crippen LogP contribution in [0.5, 0.6) is 0 Å². The van der Waals surface area contributed by atoms with Crippen molar-refractivity contribution in [1.82, 2.24) is 0 Å². The predicted octanol–water partition coefficient (Wildman–Crippen LogP) is 1.93. The second-order valence-corrected chi connectivity index (χ2v) is 16.3. The van der Waals surface area contributed by atoms with E-state index in [1.807, 2.05) is 0 Å². The van der Waals surface area contributed by atoms with E-state index >= 15 is 0 Å². The summed E-state index contributed by atoms with van der Waals surface area (Å²) < 4.78 is 5.38. The molecule has 0 bridgehead atoms. The average Bonchev–Trinajstić information content (AvgIpc) is 2.02. The summed E-state index contributed by atoms with van der Waals surface area (Å²) in [5.41, 5.74) is 1.31. The van der Waals surface area contributed by atoms with E-state index in [1.54, 1.807) is 0 Å². The highest BCUT2D eigenvalue weighted by molar-refractivity contribution is 9.03. The molecule has 0 aromatic rings. The van der Waals surface area contributed by atoms with Crippen molar-refractivity contribution in [1.29, 1.82) is 0 Å². The standard InChI is InChI=1S/C7H14OS6/c1-7(2)5-3-4-6-8-14(11,12)13(9)10/h5,13H,3-4,6H2,1-2H3. The van der Waals surface area contributed by atoms with Crippen LogP contribution in [0.1, 0.15) is 26.7 Å². The van der Waals surface area contributed by atoms with Gasteiger partial charge in [0, 0.05) is 0 Å². The molecule has 0 aromatic carbocycles. The molecule has 84 valence electrons. The second-order valence-electron chi connectivity index (χ2n) is 2.90. The Morgan fingerprint density at radius 1 is 1.36 bits per heavy atom. The molecule has 0 amide bonds. The van der Waals surface area contributed by atoms with E-state index in [-0.39, 0.29) is 0 Å². The van der Waals surface area contributed by atoms with Crippen LogP contribution in [0.25, 0.3) is 0 Å². The van der Waals surface area contributed by atoms with Gasteiger partial charge in [-0.2, -0.15) is 0 Å². The van der Waals surface area contributed by atoms with E-state index in [9.17, 15) is 0 Å². The van der Waals surface area contributed by atoms with E-state index in [4.69, 9.17) is 48.9 Å². The molecule has 1 nitrogen and oxygen atoms in total. The quantitative estimate of drug-likeness (QED) is 0.346. The SMILES string of the molecule is CC(C)=CCCCOS(=S)(=S)[SH](=S)=S. The highest BCUT2D eigenvalue weighted by Crippen LogP contribution is 2.02. The third-order valence-electron chi connectivity index (χ3n) is 1.32. The number of thiol groups is 1. The lowest BCUT2D eigenvalue weighted by Gasteiger charge is -2.05. The smallest absolute Gasteiger partial charge is 0.0754 e. The molecular formula is C7H14OS6. The fraction of sp³-hybridized carbons (Fsp3) is 0.714.